The van der Waals surface area contributed by atoms with E-state index in [1.54, 1.807) is 0 Å². The number of rotatable bonds is 5. The number of hydrogen-bond acceptors (Lipinski definition) is 4. The Hall–Kier alpha value is -6.33. The zero-order valence-corrected chi connectivity index (χ0v) is 27.3. The molecule has 0 radical (unpaired) electrons. The Morgan fingerprint density at radius 2 is 1.38 bits per heavy atom. The smallest absolute Gasteiger partial charge is 0.238 e. The Labute approximate surface area is 289 Å². The fourth-order valence-corrected chi connectivity index (χ4v) is 7.87. The van der Waals surface area contributed by atoms with E-state index in [-0.39, 0.29) is 0 Å². The molecule has 238 valence electrons. The molecule has 0 fully saturated rings. The van der Waals surface area contributed by atoms with E-state index >= 15 is 0 Å². The number of benzene rings is 5. The molecule has 0 saturated heterocycles. The predicted molar refractivity (Wildman–Crippen MR) is 202 cm³/mol. The van der Waals surface area contributed by atoms with E-state index in [9.17, 15) is 0 Å². The van der Waals surface area contributed by atoms with Crippen LogP contribution in [-0.4, -0.2) is 19.5 Å². The highest BCUT2D eigenvalue weighted by Crippen LogP contribution is 2.43. The molecule has 5 nitrogen and oxygen atoms in total. The molecule has 0 aliphatic heterocycles. The van der Waals surface area contributed by atoms with Crippen molar-refractivity contribution in [2.75, 3.05) is 0 Å². The molecule has 0 bridgehead atoms. The average Bonchev–Trinajstić information content (AvgIpc) is 3.74. The number of fused-ring (bicyclic) bond motifs is 6. The standard InChI is InChI=1S/C45H32N4O/c1-3-14-29(15-4-1)32-18-7-8-19-33(32)31-26-27-35-34-20-9-11-24-39(34)49(40(35)28-31)45-47-43(30-16-5-2-6-17-30)46-44(48-45)38-23-13-22-37-36-21-10-12-25-41(36)50-42(37)38/h1-17,19-25,28,32H,18,26-27H2. The van der Waals surface area contributed by atoms with E-state index in [1.807, 2.05) is 42.5 Å². The summed E-state index contributed by atoms with van der Waals surface area (Å²) < 4.78 is 8.72. The maximum Gasteiger partial charge on any atom is 0.238 e. The lowest BCUT2D eigenvalue weighted by Crippen LogP contribution is -2.12. The van der Waals surface area contributed by atoms with Gasteiger partial charge >= 0.3 is 0 Å². The lowest BCUT2D eigenvalue weighted by molar-refractivity contribution is 0.669. The first-order chi connectivity index (χ1) is 24.8. The first-order valence-corrected chi connectivity index (χ1v) is 17.3. The van der Waals surface area contributed by atoms with Crippen LogP contribution in [0.4, 0.5) is 0 Å². The van der Waals surface area contributed by atoms with Crippen LogP contribution < -0.4 is 0 Å². The number of nitrogens with zero attached hydrogens (tertiary/aromatic N) is 4. The van der Waals surface area contributed by atoms with Gasteiger partial charge in [-0.2, -0.15) is 9.97 Å². The largest absolute Gasteiger partial charge is 0.455 e. The van der Waals surface area contributed by atoms with Crippen molar-refractivity contribution in [3.8, 4) is 28.7 Å². The first kappa shape index (κ1) is 28.7. The monoisotopic (exact) mass is 644 g/mol. The highest BCUT2D eigenvalue weighted by atomic mass is 16.3. The van der Waals surface area contributed by atoms with Gasteiger partial charge in [0.05, 0.1) is 16.8 Å². The molecule has 2 aliphatic carbocycles. The average molecular weight is 645 g/mol. The molecule has 8 aromatic rings. The van der Waals surface area contributed by atoms with Crippen LogP contribution in [0.25, 0.3) is 67.6 Å². The molecule has 0 saturated carbocycles. The number of furan rings is 1. The highest BCUT2D eigenvalue weighted by Gasteiger charge is 2.28. The van der Waals surface area contributed by atoms with Gasteiger partial charge in [0.15, 0.2) is 11.6 Å². The van der Waals surface area contributed by atoms with Gasteiger partial charge in [0.2, 0.25) is 5.95 Å². The summed E-state index contributed by atoms with van der Waals surface area (Å²) >= 11 is 0. The van der Waals surface area contributed by atoms with E-state index in [4.69, 9.17) is 19.4 Å². The first-order valence-electron chi connectivity index (χ1n) is 17.3. The Kier molecular flexibility index (Phi) is 6.69. The lowest BCUT2D eigenvalue weighted by Gasteiger charge is -2.26. The Morgan fingerprint density at radius 3 is 2.26 bits per heavy atom. The number of aromatic nitrogens is 4. The van der Waals surface area contributed by atoms with Gasteiger partial charge in [0, 0.05) is 27.6 Å². The Morgan fingerprint density at radius 1 is 0.640 bits per heavy atom. The third kappa shape index (κ3) is 4.66. The van der Waals surface area contributed by atoms with Crippen LogP contribution in [0.2, 0.25) is 0 Å². The zero-order valence-electron chi connectivity index (χ0n) is 27.3. The second-order valence-corrected chi connectivity index (χ2v) is 13.1. The maximum atomic E-state index is 6.47. The molecule has 5 heteroatoms. The van der Waals surface area contributed by atoms with E-state index in [0.29, 0.717) is 23.5 Å². The Bertz CT molecular complexity index is 2680. The molecule has 50 heavy (non-hydrogen) atoms. The molecular formula is C45H32N4O. The van der Waals surface area contributed by atoms with Gasteiger partial charge in [-0.3, -0.25) is 4.57 Å². The minimum atomic E-state index is 0.324. The molecule has 10 rings (SSSR count). The summed E-state index contributed by atoms with van der Waals surface area (Å²) in [5.74, 6) is 2.11. The van der Waals surface area contributed by atoms with Crippen molar-refractivity contribution in [3.63, 3.8) is 0 Å². The van der Waals surface area contributed by atoms with Crippen molar-refractivity contribution < 1.29 is 4.42 Å². The molecule has 2 aliphatic rings. The molecule has 3 heterocycles. The van der Waals surface area contributed by atoms with Crippen LogP contribution in [0.3, 0.4) is 0 Å². The lowest BCUT2D eigenvalue weighted by atomic mass is 9.78. The predicted octanol–water partition coefficient (Wildman–Crippen LogP) is 11.0. The van der Waals surface area contributed by atoms with Crippen LogP contribution in [0.1, 0.15) is 35.6 Å². The fourth-order valence-electron chi connectivity index (χ4n) is 7.87. The SMILES string of the molecule is C1=CCC(c2ccccc2)C(C2=Cc3c(c4ccccc4n3-c3nc(-c4ccccc4)nc(-c4cccc5c4oc4ccccc45)n3)CC2)=C1. The van der Waals surface area contributed by atoms with E-state index < -0.39 is 0 Å². The summed E-state index contributed by atoms with van der Waals surface area (Å²) in [5, 5.41) is 3.35. The summed E-state index contributed by atoms with van der Waals surface area (Å²) in [4.78, 5) is 15.6. The summed E-state index contributed by atoms with van der Waals surface area (Å²) in [6, 6.07) is 44.1. The molecule has 1 unspecified atom stereocenters. The third-order valence-electron chi connectivity index (χ3n) is 10.2. The van der Waals surface area contributed by atoms with Crippen LogP contribution in [0.5, 0.6) is 0 Å². The Balaban J connectivity index is 1.21. The van der Waals surface area contributed by atoms with Gasteiger partial charge in [-0.15, -0.1) is 0 Å². The normalized spacial score (nSPS) is 15.7. The molecule has 1 atom stereocenters. The second kappa shape index (κ2) is 11.7. The van der Waals surface area contributed by atoms with Crippen molar-refractivity contribution >= 4 is 38.9 Å². The fraction of sp³-hybridized carbons (Fsp3) is 0.0889. The van der Waals surface area contributed by atoms with Gasteiger partial charge in [-0.05, 0) is 65.8 Å². The molecule has 0 spiro atoms. The van der Waals surface area contributed by atoms with Gasteiger partial charge in [-0.1, -0.05) is 127 Å². The van der Waals surface area contributed by atoms with Gasteiger partial charge in [-0.25, -0.2) is 4.98 Å². The third-order valence-corrected chi connectivity index (χ3v) is 10.2. The van der Waals surface area contributed by atoms with E-state index in [2.05, 4.69) is 114 Å². The summed E-state index contributed by atoms with van der Waals surface area (Å²) in [5.41, 5.74) is 11.0. The molecule has 5 aromatic carbocycles. The van der Waals surface area contributed by atoms with Crippen LogP contribution in [-0.2, 0) is 6.42 Å². The van der Waals surface area contributed by atoms with Crippen molar-refractivity contribution in [1.82, 2.24) is 19.5 Å². The minimum Gasteiger partial charge on any atom is -0.455 e. The maximum absolute atomic E-state index is 6.47. The van der Waals surface area contributed by atoms with Gasteiger partial charge < -0.3 is 4.42 Å². The van der Waals surface area contributed by atoms with Crippen molar-refractivity contribution in [3.05, 3.63) is 174 Å². The molecule has 0 N–H and O–H groups in total. The molecular weight excluding hydrogens is 613 g/mol. The van der Waals surface area contributed by atoms with Gasteiger partial charge in [0.1, 0.15) is 11.2 Å². The number of hydrogen-bond donors (Lipinski definition) is 0. The van der Waals surface area contributed by atoms with Crippen molar-refractivity contribution in [2.45, 2.75) is 25.2 Å². The summed E-state index contributed by atoms with van der Waals surface area (Å²) in [6.07, 6.45) is 12.1. The van der Waals surface area contributed by atoms with Crippen LogP contribution in [0, 0.1) is 0 Å². The molecule has 0 amide bonds. The van der Waals surface area contributed by atoms with E-state index in [0.717, 1.165) is 63.5 Å². The minimum absolute atomic E-state index is 0.324. The van der Waals surface area contributed by atoms with Crippen molar-refractivity contribution in [2.24, 2.45) is 0 Å². The number of para-hydroxylation sites is 3. The zero-order chi connectivity index (χ0) is 33.0. The summed E-state index contributed by atoms with van der Waals surface area (Å²) in [7, 11) is 0. The summed E-state index contributed by atoms with van der Waals surface area (Å²) in [6.45, 7) is 0. The quantitative estimate of drug-likeness (QED) is 0.187. The van der Waals surface area contributed by atoms with Crippen LogP contribution in [0.15, 0.2) is 161 Å². The second-order valence-electron chi connectivity index (χ2n) is 13.1. The molecule has 3 aromatic heterocycles. The van der Waals surface area contributed by atoms with Crippen LogP contribution >= 0.6 is 0 Å². The number of aryl methyl sites for hydroxylation is 1. The van der Waals surface area contributed by atoms with E-state index in [1.165, 1.54) is 27.7 Å². The highest BCUT2D eigenvalue weighted by molar-refractivity contribution is 6.09. The van der Waals surface area contributed by atoms with Gasteiger partial charge in [0.25, 0.3) is 0 Å². The van der Waals surface area contributed by atoms with Crippen molar-refractivity contribution in [1.29, 1.82) is 0 Å². The topological polar surface area (TPSA) is 56.7 Å². The number of allylic oxidation sites excluding steroid dienone is 5.